The van der Waals surface area contributed by atoms with Gasteiger partial charge in [0.15, 0.2) is 0 Å². The third-order valence-corrected chi connectivity index (χ3v) is 5.02. The minimum absolute atomic E-state index is 0.0882. The molecule has 156 valence electrons. The van der Waals surface area contributed by atoms with Gasteiger partial charge in [0, 0.05) is 25.9 Å². The van der Waals surface area contributed by atoms with Crippen LogP contribution in [0.4, 0.5) is 5.69 Å². The van der Waals surface area contributed by atoms with E-state index in [1.807, 2.05) is 30.3 Å². The Kier molecular flexibility index (Phi) is 6.51. The van der Waals surface area contributed by atoms with Gasteiger partial charge in [-0.1, -0.05) is 24.3 Å². The first-order valence-electron chi connectivity index (χ1n) is 9.63. The lowest BCUT2D eigenvalue weighted by molar-refractivity contribution is -0.136. The first kappa shape index (κ1) is 21.1. The van der Waals surface area contributed by atoms with Crippen molar-refractivity contribution in [2.45, 2.75) is 19.4 Å². The fourth-order valence-electron chi connectivity index (χ4n) is 3.41. The molecule has 7 nitrogen and oxygen atoms in total. The monoisotopic (exact) mass is 407 g/mol. The summed E-state index contributed by atoms with van der Waals surface area (Å²) in [4.78, 5) is 40.2. The van der Waals surface area contributed by atoms with Gasteiger partial charge in [-0.15, -0.1) is 0 Å². The lowest BCUT2D eigenvalue weighted by Gasteiger charge is -2.33. The van der Waals surface area contributed by atoms with Crippen LogP contribution in [0.5, 0.6) is 5.75 Å². The Bertz CT molecular complexity index is 969. The number of methoxy groups -OCH3 is 1. The molecule has 30 heavy (non-hydrogen) atoms. The first-order valence-corrected chi connectivity index (χ1v) is 9.63. The predicted octanol–water partition coefficient (Wildman–Crippen LogP) is 3.06. The first-order chi connectivity index (χ1) is 14.4. The topological polar surface area (TPSA) is 79.0 Å². The summed E-state index contributed by atoms with van der Waals surface area (Å²) < 4.78 is 5.09. The molecular formula is C23H25N3O4. The highest BCUT2D eigenvalue weighted by molar-refractivity contribution is 5.94. The van der Waals surface area contributed by atoms with Crippen LogP contribution in [0.15, 0.2) is 54.7 Å². The number of nitrogens with one attached hydrogen (secondary N) is 1. The van der Waals surface area contributed by atoms with Gasteiger partial charge in [-0.2, -0.15) is 0 Å². The maximum atomic E-state index is 12.8. The third-order valence-electron chi connectivity index (χ3n) is 5.02. The van der Waals surface area contributed by atoms with Crippen molar-refractivity contribution in [1.29, 1.82) is 0 Å². The van der Waals surface area contributed by atoms with Crippen LogP contribution in [0, 0.1) is 0 Å². The van der Waals surface area contributed by atoms with E-state index in [1.54, 1.807) is 49.5 Å². The molecule has 0 aromatic heterocycles. The molecule has 0 spiro atoms. The zero-order chi connectivity index (χ0) is 21.7. The second kappa shape index (κ2) is 9.26. The Balaban J connectivity index is 1.64. The summed E-state index contributed by atoms with van der Waals surface area (Å²) in [5, 5.41) is 2.76. The Labute approximate surface area is 175 Å². The van der Waals surface area contributed by atoms with E-state index < -0.39 is 6.04 Å². The highest BCUT2D eigenvalue weighted by atomic mass is 16.5. The number of hydrogen-bond acceptors (Lipinski definition) is 4. The van der Waals surface area contributed by atoms with E-state index in [4.69, 9.17) is 4.74 Å². The van der Waals surface area contributed by atoms with Gasteiger partial charge in [0.2, 0.25) is 17.7 Å². The van der Waals surface area contributed by atoms with Crippen molar-refractivity contribution >= 4 is 29.5 Å². The zero-order valence-electron chi connectivity index (χ0n) is 17.3. The number of carbonyl (C=O) groups excluding carboxylic acids is 3. The minimum Gasteiger partial charge on any atom is -0.497 e. The molecule has 1 heterocycles. The minimum atomic E-state index is -0.400. The average Bonchev–Trinajstić information content (AvgIpc) is 2.74. The van der Waals surface area contributed by atoms with Crippen molar-refractivity contribution in [1.82, 2.24) is 9.80 Å². The van der Waals surface area contributed by atoms with Crippen LogP contribution in [0.25, 0.3) is 6.08 Å². The quantitative estimate of drug-likeness (QED) is 0.798. The lowest BCUT2D eigenvalue weighted by atomic mass is 9.93. The van der Waals surface area contributed by atoms with Crippen molar-refractivity contribution in [2.24, 2.45) is 0 Å². The van der Waals surface area contributed by atoms with E-state index in [0.717, 1.165) is 11.1 Å². The standard InChI is InChI=1S/C23H25N3O4/c1-16(27)26-13-12-17-6-4-5-7-20(17)21(26)14-23(29)25(2)15-22(28)24-18-8-10-19(30-3)11-9-18/h4-13,21H,14-15H2,1-3H3,(H,24,28)/t21-/m0/s1. The number of likely N-dealkylation sites (N-methyl/N-ethyl adjacent to an activating group) is 1. The normalized spacial score (nSPS) is 14.6. The molecule has 0 unspecified atom stereocenters. The SMILES string of the molecule is COc1ccc(NC(=O)CN(C)C(=O)C[C@H]2c3ccccc3C=CN2C(C)=O)cc1. The van der Waals surface area contributed by atoms with Crippen LogP contribution in [0.3, 0.4) is 0 Å². The maximum Gasteiger partial charge on any atom is 0.243 e. The maximum absolute atomic E-state index is 12.8. The molecule has 0 saturated heterocycles. The van der Waals surface area contributed by atoms with E-state index in [1.165, 1.54) is 11.8 Å². The summed E-state index contributed by atoms with van der Waals surface area (Å²) >= 11 is 0. The van der Waals surface area contributed by atoms with Gasteiger partial charge in [-0.05, 0) is 41.5 Å². The van der Waals surface area contributed by atoms with Crippen LogP contribution < -0.4 is 10.1 Å². The smallest absolute Gasteiger partial charge is 0.243 e. The summed E-state index contributed by atoms with van der Waals surface area (Å²) in [5.74, 6) is 0.0280. The van der Waals surface area contributed by atoms with E-state index in [-0.39, 0.29) is 30.7 Å². The second-order valence-electron chi connectivity index (χ2n) is 7.12. The summed E-state index contributed by atoms with van der Waals surface area (Å²) in [6.45, 7) is 1.39. The summed E-state index contributed by atoms with van der Waals surface area (Å²) in [6.07, 6.45) is 3.66. The van der Waals surface area contributed by atoms with Gasteiger partial charge in [0.1, 0.15) is 5.75 Å². The number of benzene rings is 2. The van der Waals surface area contributed by atoms with Crippen LogP contribution in [0.2, 0.25) is 0 Å². The number of fused-ring (bicyclic) bond motifs is 1. The molecule has 0 saturated carbocycles. The lowest BCUT2D eigenvalue weighted by Crippen LogP contribution is -2.39. The molecule has 2 aromatic rings. The van der Waals surface area contributed by atoms with E-state index in [9.17, 15) is 14.4 Å². The molecule has 2 aromatic carbocycles. The van der Waals surface area contributed by atoms with E-state index in [0.29, 0.717) is 11.4 Å². The third kappa shape index (κ3) is 4.86. The highest BCUT2D eigenvalue weighted by Crippen LogP contribution is 2.33. The predicted molar refractivity (Wildman–Crippen MR) is 115 cm³/mol. The number of amides is 3. The van der Waals surface area contributed by atoms with Gasteiger partial charge < -0.3 is 19.9 Å². The second-order valence-corrected chi connectivity index (χ2v) is 7.12. The number of hydrogen-bond donors (Lipinski definition) is 1. The fraction of sp³-hybridized carbons (Fsp3) is 0.261. The van der Waals surface area contributed by atoms with Crippen molar-refractivity contribution in [2.75, 3.05) is 26.0 Å². The van der Waals surface area contributed by atoms with Crippen LogP contribution >= 0.6 is 0 Å². The molecule has 3 amide bonds. The molecule has 3 rings (SSSR count). The number of anilines is 1. The molecule has 1 aliphatic heterocycles. The van der Waals surface area contributed by atoms with Gasteiger partial charge in [-0.25, -0.2) is 0 Å². The number of ether oxygens (including phenoxy) is 1. The molecular weight excluding hydrogens is 382 g/mol. The largest absolute Gasteiger partial charge is 0.497 e. The number of nitrogens with zero attached hydrogens (tertiary/aromatic N) is 2. The van der Waals surface area contributed by atoms with Crippen LogP contribution in [0.1, 0.15) is 30.5 Å². The van der Waals surface area contributed by atoms with Gasteiger partial charge in [0.05, 0.1) is 26.1 Å². The zero-order valence-corrected chi connectivity index (χ0v) is 17.3. The molecule has 0 bridgehead atoms. The summed E-state index contributed by atoms with van der Waals surface area (Å²) in [6, 6.07) is 14.2. The molecule has 0 aliphatic carbocycles. The van der Waals surface area contributed by atoms with Crippen molar-refractivity contribution in [3.8, 4) is 5.75 Å². The Morgan fingerprint density at radius 3 is 2.47 bits per heavy atom. The van der Waals surface area contributed by atoms with Gasteiger partial charge in [0.25, 0.3) is 0 Å². The fourth-order valence-corrected chi connectivity index (χ4v) is 3.41. The van der Waals surface area contributed by atoms with Gasteiger partial charge >= 0.3 is 0 Å². The van der Waals surface area contributed by atoms with Crippen LogP contribution in [-0.4, -0.2) is 48.2 Å². The van der Waals surface area contributed by atoms with Crippen molar-refractivity contribution < 1.29 is 19.1 Å². The highest BCUT2D eigenvalue weighted by Gasteiger charge is 2.29. The van der Waals surface area contributed by atoms with E-state index >= 15 is 0 Å². The van der Waals surface area contributed by atoms with Crippen molar-refractivity contribution in [3.63, 3.8) is 0 Å². The molecule has 1 aliphatic rings. The van der Waals surface area contributed by atoms with E-state index in [2.05, 4.69) is 5.32 Å². The Morgan fingerprint density at radius 1 is 1.10 bits per heavy atom. The Morgan fingerprint density at radius 2 is 1.80 bits per heavy atom. The number of carbonyl (C=O) groups is 3. The summed E-state index contributed by atoms with van der Waals surface area (Å²) in [7, 11) is 3.15. The van der Waals surface area contributed by atoms with Crippen LogP contribution in [-0.2, 0) is 14.4 Å². The molecule has 7 heteroatoms. The molecule has 1 atom stereocenters. The van der Waals surface area contributed by atoms with Crippen molar-refractivity contribution in [3.05, 3.63) is 65.9 Å². The molecule has 0 radical (unpaired) electrons. The molecule has 0 fully saturated rings. The summed E-state index contributed by atoms with van der Waals surface area (Å²) in [5.41, 5.74) is 2.52. The Hall–Kier alpha value is -3.61. The number of rotatable bonds is 6. The van der Waals surface area contributed by atoms with Gasteiger partial charge in [-0.3, -0.25) is 14.4 Å². The average molecular weight is 407 g/mol. The molecule has 1 N–H and O–H groups in total.